The van der Waals surface area contributed by atoms with Gasteiger partial charge < -0.3 is 4.74 Å². The van der Waals surface area contributed by atoms with Gasteiger partial charge in [0, 0.05) is 0 Å². The molecule has 0 aliphatic heterocycles. The smallest absolute Gasteiger partial charge is 0.122 e. The van der Waals surface area contributed by atoms with Crippen molar-refractivity contribution in [1.29, 1.82) is 0 Å². The second kappa shape index (κ2) is 4.90. The summed E-state index contributed by atoms with van der Waals surface area (Å²) >= 11 is 0. The first-order valence-corrected chi connectivity index (χ1v) is 5.07. The first-order valence-electron chi connectivity index (χ1n) is 5.07. The number of hydrogen-bond donors (Lipinski definition) is 0. The first kappa shape index (κ1) is 10.1. The van der Waals surface area contributed by atoms with Crippen molar-refractivity contribution in [2.24, 2.45) is 0 Å². The van der Waals surface area contributed by atoms with E-state index in [9.17, 15) is 0 Å². The number of hydrogen-bond acceptors (Lipinski definition) is 1. The lowest BCUT2D eigenvalue weighted by molar-refractivity contribution is 0.336. The minimum Gasteiger partial charge on any atom is -0.494 e. The van der Waals surface area contributed by atoms with Gasteiger partial charge in [0.05, 0.1) is 6.61 Å². The zero-order valence-electron chi connectivity index (χ0n) is 8.76. The third-order valence-corrected chi connectivity index (χ3v) is 2.26. The van der Waals surface area contributed by atoms with E-state index in [1.807, 2.05) is 6.92 Å². The number of rotatable bonds is 4. The minimum atomic E-state index is 0.750. The Labute approximate surface area is 80.7 Å². The van der Waals surface area contributed by atoms with Crippen molar-refractivity contribution in [1.82, 2.24) is 0 Å². The Bertz CT molecular complexity index is 266. The van der Waals surface area contributed by atoms with Gasteiger partial charge in [-0.3, -0.25) is 0 Å². The predicted octanol–water partition coefficient (Wildman–Crippen LogP) is 3.21. The summed E-state index contributed by atoms with van der Waals surface area (Å²) in [6, 6.07) is 6.31. The fourth-order valence-electron chi connectivity index (χ4n) is 1.63. The van der Waals surface area contributed by atoms with Gasteiger partial charge in [0.1, 0.15) is 5.75 Å². The van der Waals surface area contributed by atoms with E-state index >= 15 is 0 Å². The average molecular weight is 178 g/mol. The molecule has 0 spiro atoms. The van der Waals surface area contributed by atoms with E-state index in [1.54, 1.807) is 0 Å². The molecular formula is C12H18O. The number of benzene rings is 1. The van der Waals surface area contributed by atoms with Gasteiger partial charge in [-0.1, -0.05) is 26.0 Å². The summed E-state index contributed by atoms with van der Waals surface area (Å²) in [6.45, 7) is 7.14. The molecule has 0 amide bonds. The molecular weight excluding hydrogens is 160 g/mol. The Morgan fingerprint density at radius 2 is 1.85 bits per heavy atom. The zero-order valence-corrected chi connectivity index (χ0v) is 8.76. The van der Waals surface area contributed by atoms with Gasteiger partial charge in [-0.2, -0.15) is 0 Å². The van der Waals surface area contributed by atoms with Crippen LogP contribution in [0.5, 0.6) is 5.75 Å². The van der Waals surface area contributed by atoms with E-state index in [2.05, 4.69) is 32.0 Å². The molecule has 0 aliphatic rings. The van der Waals surface area contributed by atoms with Gasteiger partial charge in [-0.05, 0) is 37.0 Å². The normalized spacial score (nSPS) is 10.1. The van der Waals surface area contributed by atoms with Crippen LogP contribution in [-0.4, -0.2) is 6.61 Å². The Kier molecular flexibility index (Phi) is 3.81. The van der Waals surface area contributed by atoms with Gasteiger partial charge in [0.2, 0.25) is 0 Å². The molecule has 0 fully saturated rings. The van der Waals surface area contributed by atoms with Gasteiger partial charge in [-0.15, -0.1) is 0 Å². The quantitative estimate of drug-likeness (QED) is 0.688. The monoisotopic (exact) mass is 178 g/mol. The molecule has 0 radical (unpaired) electrons. The molecule has 0 N–H and O–H groups in total. The third kappa shape index (κ3) is 2.24. The molecule has 0 bridgehead atoms. The molecule has 0 aliphatic carbocycles. The molecule has 72 valence electrons. The molecule has 1 aromatic rings. The van der Waals surface area contributed by atoms with Crippen LogP contribution in [0.2, 0.25) is 0 Å². The molecule has 0 heterocycles. The summed E-state index contributed by atoms with van der Waals surface area (Å²) in [6.07, 6.45) is 2.14. The molecule has 0 saturated heterocycles. The lowest BCUT2D eigenvalue weighted by atomic mass is 10.0. The van der Waals surface area contributed by atoms with Gasteiger partial charge in [0.15, 0.2) is 0 Å². The Morgan fingerprint density at radius 3 is 2.38 bits per heavy atom. The van der Waals surface area contributed by atoms with Crippen LogP contribution in [0.1, 0.15) is 31.9 Å². The summed E-state index contributed by atoms with van der Waals surface area (Å²) < 4.78 is 5.57. The topological polar surface area (TPSA) is 9.23 Å². The van der Waals surface area contributed by atoms with Crippen molar-refractivity contribution in [2.45, 2.75) is 33.6 Å². The minimum absolute atomic E-state index is 0.750. The average Bonchev–Trinajstić information content (AvgIpc) is 2.18. The summed E-state index contributed by atoms with van der Waals surface area (Å²) in [4.78, 5) is 0. The van der Waals surface area contributed by atoms with E-state index in [-0.39, 0.29) is 0 Å². The highest BCUT2D eigenvalue weighted by Crippen LogP contribution is 2.23. The summed E-state index contributed by atoms with van der Waals surface area (Å²) in [7, 11) is 0. The van der Waals surface area contributed by atoms with Crippen molar-refractivity contribution >= 4 is 0 Å². The van der Waals surface area contributed by atoms with E-state index in [4.69, 9.17) is 4.74 Å². The van der Waals surface area contributed by atoms with Crippen LogP contribution in [0.4, 0.5) is 0 Å². The van der Waals surface area contributed by atoms with Gasteiger partial charge >= 0.3 is 0 Å². The van der Waals surface area contributed by atoms with E-state index in [0.29, 0.717) is 0 Å². The Hall–Kier alpha value is -0.980. The van der Waals surface area contributed by atoms with Crippen molar-refractivity contribution in [3.63, 3.8) is 0 Å². The van der Waals surface area contributed by atoms with Crippen molar-refractivity contribution in [3.05, 3.63) is 29.3 Å². The van der Waals surface area contributed by atoms with Gasteiger partial charge in [0.25, 0.3) is 0 Å². The molecule has 0 saturated carbocycles. The summed E-state index contributed by atoms with van der Waals surface area (Å²) in [5.41, 5.74) is 2.78. The van der Waals surface area contributed by atoms with E-state index in [0.717, 1.165) is 25.2 Å². The molecule has 1 aromatic carbocycles. The molecule has 13 heavy (non-hydrogen) atoms. The molecule has 0 atom stereocenters. The van der Waals surface area contributed by atoms with Crippen LogP contribution in [0.3, 0.4) is 0 Å². The van der Waals surface area contributed by atoms with Crippen LogP contribution in [0.25, 0.3) is 0 Å². The van der Waals surface area contributed by atoms with Crippen LogP contribution in [0.15, 0.2) is 18.2 Å². The summed E-state index contributed by atoms with van der Waals surface area (Å²) in [5, 5.41) is 0. The fourth-order valence-corrected chi connectivity index (χ4v) is 1.63. The molecule has 1 rings (SSSR count). The second-order valence-corrected chi connectivity index (χ2v) is 3.03. The maximum atomic E-state index is 5.57. The highest BCUT2D eigenvalue weighted by molar-refractivity contribution is 5.40. The summed E-state index contributed by atoms with van der Waals surface area (Å²) in [5.74, 6) is 1.06. The number of aryl methyl sites for hydroxylation is 1. The zero-order chi connectivity index (χ0) is 9.68. The maximum absolute atomic E-state index is 5.57. The first-order chi connectivity index (χ1) is 6.33. The number of ether oxygens (including phenoxy) is 1. The lowest BCUT2D eigenvalue weighted by Crippen LogP contribution is -1.99. The largest absolute Gasteiger partial charge is 0.494 e. The predicted molar refractivity (Wildman–Crippen MR) is 56.4 cm³/mol. The third-order valence-electron chi connectivity index (χ3n) is 2.26. The molecule has 0 unspecified atom stereocenters. The van der Waals surface area contributed by atoms with E-state index < -0.39 is 0 Å². The molecule has 1 heteroatoms. The van der Waals surface area contributed by atoms with Crippen LogP contribution >= 0.6 is 0 Å². The Balaban J connectivity index is 3.03. The molecule has 0 aromatic heterocycles. The van der Waals surface area contributed by atoms with Crippen LogP contribution < -0.4 is 4.74 Å². The second-order valence-electron chi connectivity index (χ2n) is 3.03. The van der Waals surface area contributed by atoms with Crippen molar-refractivity contribution < 1.29 is 4.74 Å². The highest BCUT2D eigenvalue weighted by Gasteiger charge is 2.04. The maximum Gasteiger partial charge on any atom is 0.122 e. The van der Waals surface area contributed by atoms with Crippen LogP contribution in [-0.2, 0) is 12.8 Å². The van der Waals surface area contributed by atoms with Crippen LogP contribution in [0, 0.1) is 0 Å². The Morgan fingerprint density at radius 1 is 1.08 bits per heavy atom. The van der Waals surface area contributed by atoms with Crippen molar-refractivity contribution in [3.8, 4) is 5.75 Å². The lowest BCUT2D eigenvalue weighted by Gasteiger charge is -2.12. The standard InChI is InChI=1S/C12H18O/c1-4-10-8-7-9-12(13-6-3)11(10)5-2/h7-9H,4-6H2,1-3H3. The van der Waals surface area contributed by atoms with Gasteiger partial charge in [-0.25, -0.2) is 0 Å². The fraction of sp³-hybridized carbons (Fsp3) is 0.500. The molecule has 1 nitrogen and oxygen atoms in total. The SMILES string of the molecule is CCOc1cccc(CC)c1CC. The van der Waals surface area contributed by atoms with Crippen molar-refractivity contribution in [2.75, 3.05) is 6.61 Å². The van der Waals surface area contributed by atoms with E-state index in [1.165, 1.54) is 11.1 Å². The highest BCUT2D eigenvalue weighted by atomic mass is 16.5.